The molecule has 16 heavy (non-hydrogen) atoms. The van der Waals surface area contributed by atoms with Crippen LogP contribution in [-0.2, 0) is 4.79 Å². The average molecular weight is 221 g/mol. The minimum atomic E-state index is -0.935. The highest BCUT2D eigenvalue weighted by atomic mass is 16.4. The molecule has 3 heteroatoms. The number of rotatable bonds is 2. The second-order valence-electron chi connectivity index (χ2n) is 3.03. The monoisotopic (exact) mass is 221 g/mol. The molecule has 0 spiro atoms. The van der Waals surface area contributed by atoms with Crippen molar-refractivity contribution in [3.05, 3.63) is 49.1 Å². The number of carboxylic acid groups (broad SMARTS) is 1. The molecular formula is C13H19NO2. The molecule has 88 valence electrons. The van der Waals surface area contributed by atoms with Gasteiger partial charge >= 0.3 is 5.97 Å². The summed E-state index contributed by atoms with van der Waals surface area (Å²) in [6, 6.07) is 1.83. The van der Waals surface area contributed by atoms with E-state index < -0.39 is 5.97 Å². The second kappa shape index (κ2) is 12.9. The summed E-state index contributed by atoms with van der Waals surface area (Å²) in [5.41, 5.74) is 1.75. The van der Waals surface area contributed by atoms with E-state index >= 15 is 0 Å². The first kappa shape index (κ1) is 19.5. The van der Waals surface area contributed by atoms with Gasteiger partial charge in [0, 0.05) is 11.1 Å². The summed E-state index contributed by atoms with van der Waals surface area (Å²) in [4.78, 5) is 9.60. The minimum absolute atomic E-state index is 0.176. The van der Waals surface area contributed by atoms with Crippen LogP contribution in [0.1, 0.15) is 20.8 Å². The van der Waals surface area contributed by atoms with Crippen LogP contribution in [0.3, 0.4) is 0 Å². The first-order valence-corrected chi connectivity index (χ1v) is 4.41. The van der Waals surface area contributed by atoms with Crippen molar-refractivity contribution >= 4 is 5.97 Å². The largest absolute Gasteiger partial charge is 0.478 e. The Kier molecular flexibility index (Phi) is 15.7. The number of allylic oxidation sites excluding steroid dienone is 3. The molecule has 0 aliphatic heterocycles. The Balaban J connectivity index is -0.000000160. The van der Waals surface area contributed by atoms with E-state index in [1.54, 1.807) is 13.0 Å². The molecule has 1 N–H and O–H groups in total. The Bertz CT molecular complexity index is 307. The van der Waals surface area contributed by atoms with E-state index in [1.807, 2.05) is 13.0 Å². The third-order valence-corrected chi connectivity index (χ3v) is 0.904. The molecule has 0 unspecified atom stereocenters. The maximum atomic E-state index is 9.60. The van der Waals surface area contributed by atoms with Crippen LogP contribution in [0.5, 0.6) is 0 Å². The van der Waals surface area contributed by atoms with Crippen molar-refractivity contribution < 1.29 is 9.90 Å². The van der Waals surface area contributed by atoms with Gasteiger partial charge in [0.2, 0.25) is 0 Å². The van der Waals surface area contributed by atoms with Crippen molar-refractivity contribution in [3.63, 3.8) is 0 Å². The molecule has 0 radical (unpaired) electrons. The SMILES string of the molecule is C=C(C)C#N.C=C(C)C(=O)O.C=CC(=C)C. The van der Waals surface area contributed by atoms with Crippen LogP contribution < -0.4 is 0 Å². The smallest absolute Gasteiger partial charge is 0.330 e. The summed E-state index contributed by atoms with van der Waals surface area (Å²) < 4.78 is 0. The zero-order chi connectivity index (χ0) is 13.7. The van der Waals surface area contributed by atoms with E-state index in [9.17, 15) is 4.79 Å². The number of hydrogen-bond donors (Lipinski definition) is 1. The first-order chi connectivity index (χ1) is 7.18. The zero-order valence-corrected chi connectivity index (χ0v) is 10.2. The molecule has 0 fully saturated rings. The van der Waals surface area contributed by atoms with Crippen LogP contribution in [0.2, 0.25) is 0 Å². The van der Waals surface area contributed by atoms with Gasteiger partial charge in [-0.15, -0.1) is 0 Å². The molecule has 0 saturated carbocycles. The van der Waals surface area contributed by atoms with Gasteiger partial charge in [-0.2, -0.15) is 5.26 Å². The molecule has 0 rings (SSSR count). The highest BCUT2D eigenvalue weighted by Crippen LogP contribution is 1.81. The first-order valence-electron chi connectivity index (χ1n) is 4.41. The maximum Gasteiger partial charge on any atom is 0.330 e. The van der Waals surface area contributed by atoms with Crippen LogP contribution in [0.15, 0.2) is 49.1 Å². The van der Waals surface area contributed by atoms with Gasteiger partial charge < -0.3 is 5.11 Å². The van der Waals surface area contributed by atoms with Gasteiger partial charge in [0.25, 0.3) is 0 Å². The standard InChI is InChI=1S/C5H8.C4H5N.C4H6O2/c1-4-5(2)3;1-4(2)3-5;1-3(2)4(5)6/h4H,1-2H2,3H3;1H2,2H3;1H2,2H3,(H,5,6). The Hall–Kier alpha value is -2.08. The molecule has 0 atom stereocenters. The molecule has 0 aliphatic rings. The lowest BCUT2D eigenvalue weighted by atomic mass is 10.4. The minimum Gasteiger partial charge on any atom is -0.478 e. The molecular weight excluding hydrogens is 202 g/mol. The van der Waals surface area contributed by atoms with Crippen LogP contribution in [0.25, 0.3) is 0 Å². The van der Waals surface area contributed by atoms with Crippen molar-refractivity contribution in [1.29, 1.82) is 5.26 Å². The molecule has 0 aromatic rings. The maximum absolute atomic E-state index is 9.60. The summed E-state index contributed by atoms with van der Waals surface area (Å²) >= 11 is 0. The van der Waals surface area contributed by atoms with Gasteiger partial charge in [-0.25, -0.2) is 4.79 Å². The average Bonchev–Trinajstić information content (AvgIpc) is 2.19. The summed E-state index contributed by atoms with van der Waals surface area (Å²) in [6.45, 7) is 18.5. The van der Waals surface area contributed by atoms with Gasteiger partial charge in [0.05, 0.1) is 6.07 Å². The normalized spacial score (nSPS) is 6.62. The predicted octanol–water partition coefficient (Wildman–Crippen LogP) is 3.48. The van der Waals surface area contributed by atoms with Gasteiger partial charge in [-0.3, -0.25) is 0 Å². The van der Waals surface area contributed by atoms with Gasteiger partial charge in [0.15, 0.2) is 0 Å². The topological polar surface area (TPSA) is 61.1 Å². The lowest BCUT2D eigenvalue weighted by Gasteiger charge is -1.79. The molecule has 0 heterocycles. The fraction of sp³-hybridized carbons (Fsp3) is 0.231. The molecule has 0 saturated heterocycles. The third-order valence-electron chi connectivity index (χ3n) is 0.904. The number of carboxylic acids is 1. The van der Waals surface area contributed by atoms with E-state index in [0.29, 0.717) is 5.57 Å². The highest BCUT2D eigenvalue weighted by molar-refractivity contribution is 5.84. The molecule has 0 aromatic carbocycles. The van der Waals surface area contributed by atoms with Crippen LogP contribution in [-0.4, -0.2) is 11.1 Å². The van der Waals surface area contributed by atoms with Crippen LogP contribution >= 0.6 is 0 Å². The fourth-order valence-corrected chi connectivity index (χ4v) is 0. The van der Waals surface area contributed by atoms with E-state index in [0.717, 1.165) is 5.57 Å². The summed E-state index contributed by atoms with van der Waals surface area (Å²) in [7, 11) is 0. The van der Waals surface area contributed by atoms with Crippen molar-refractivity contribution in [2.75, 3.05) is 0 Å². The fourth-order valence-electron chi connectivity index (χ4n) is 0. The summed E-state index contributed by atoms with van der Waals surface area (Å²) in [6.07, 6.45) is 1.72. The number of nitriles is 1. The Morgan fingerprint density at radius 1 is 1.25 bits per heavy atom. The van der Waals surface area contributed by atoms with E-state index in [-0.39, 0.29) is 5.57 Å². The van der Waals surface area contributed by atoms with Crippen molar-refractivity contribution in [3.8, 4) is 6.07 Å². The van der Waals surface area contributed by atoms with Gasteiger partial charge in [-0.1, -0.05) is 38.0 Å². The lowest BCUT2D eigenvalue weighted by molar-refractivity contribution is -0.132. The van der Waals surface area contributed by atoms with Crippen molar-refractivity contribution in [2.45, 2.75) is 20.8 Å². The Labute approximate surface area is 97.7 Å². The van der Waals surface area contributed by atoms with Gasteiger partial charge in [0.1, 0.15) is 0 Å². The number of carbonyl (C=O) groups is 1. The number of aliphatic carboxylic acids is 1. The molecule has 0 bridgehead atoms. The summed E-state index contributed by atoms with van der Waals surface area (Å²) in [5, 5.41) is 15.7. The quantitative estimate of drug-likeness (QED) is 0.441. The van der Waals surface area contributed by atoms with E-state index in [4.69, 9.17) is 10.4 Å². The molecule has 3 nitrogen and oxygen atoms in total. The van der Waals surface area contributed by atoms with Crippen LogP contribution in [0.4, 0.5) is 0 Å². The summed E-state index contributed by atoms with van der Waals surface area (Å²) in [5.74, 6) is -0.935. The highest BCUT2D eigenvalue weighted by Gasteiger charge is 1.90. The molecule has 0 aromatic heterocycles. The zero-order valence-electron chi connectivity index (χ0n) is 10.2. The van der Waals surface area contributed by atoms with Crippen LogP contribution in [0, 0.1) is 11.3 Å². The number of hydrogen-bond acceptors (Lipinski definition) is 2. The Morgan fingerprint density at radius 3 is 1.44 bits per heavy atom. The third kappa shape index (κ3) is 40.6. The molecule has 0 amide bonds. The predicted molar refractivity (Wildman–Crippen MR) is 67.9 cm³/mol. The van der Waals surface area contributed by atoms with Crippen molar-refractivity contribution in [2.24, 2.45) is 0 Å². The molecule has 0 aliphatic carbocycles. The Morgan fingerprint density at radius 2 is 1.44 bits per heavy atom. The van der Waals surface area contributed by atoms with Crippen molar-refractivity contribution in [1.82, 2.24) is 0 Å². The van der Waals surface area contributed by atoms with Gasteiger partial charge in [-0.05, 0) is 20.8 Å². The van der Waals surface area contributed by atoms with E-state index in [1.165, 1.54) is 6.92 Å². The second-order valence-corrected chi connectivity index (χ2v) is 3.03. The number of nitrogens with zero attached hydrogens (tertiary/aromatic N) is 1. The lowest BCUT2D eigenvalue weighted by Crippen LogP contribution is -1.92. The van der Waals surface area contributed by atoms with E-state index in [2.05, 4.69) is 26.3 Å².